The fraction of sp³-hybridized carbons (Fsp3) is 0.385. The van der Waals surface area contributed by atoms with E-state index in [0.29, 0.717) is 18.5 Å². The molecule has 1 aromatic rings. The number of hydrogen-bond donors (Lipinski definition) is 0. The minimum atomic E-state index is -0.748. The number of amides is 2. The van der Waals surface area contributed by atoms with Crippen molar-refractivity contribution in [1.29, 1.82) is 0 Å². The predicted molar refractivity (Wildman–Crippen MR) is 62.5 cm³/mol. The minimum absolute atomic E-state index is 0.0262. The number of fused-ring (bicyclic) bond motifs is 2. The molecule has 1 atom stereocenters. The van der Waals surface area contributed by atoms with E-state index in [-0.39, 0.29) is 11.8 Å². The summed E-state index contributed by atoms with van der Waals surface area (Å²) in [5.41, 5.74) is 0.781. The predicted octanol–water partition coefficient (Wildman–Crippen LogP) is 0.830. The third kappa shape index (κ3) is 1.03. The van der Waals surface area contributed by atoms with E-state index < -0.39 is 5.54 Å². The van der Waals surface area contributed by atoms with Gasteiger partial charge in [0.15, 0.2) is 0 Å². The van der Waals surface area contributed by atoms with Gasteiger partial charge in [0.1, 0.15) is 5.54 Å². The molecule has 1 spiro atoms. The number of likely N-dealkylation sites (N-methyl/N-ethyl adjacent to an activating group) is 2. The molecule has 2 amide bonds. The second-order valence-corrected chi connectivity index (χ2v) is 4.75. The number of carbonyl (C=O) groups excluding carboxylic acids is 2. The number of likely N-dealkylation sites (tertiary alicyclic amines) is 1. The fourth-order valence-corrected chi connectivity index (χ4v) is 2.98. The maximum atomic E-state index is 12.4. The first-order chi connectivity index (χ1) is 8.09. The van der Waals surface area contributed by atoms with Crippen LogP contribution in [0.25, 0.3) is 0 Å². The molecule has 0 aliphatic carbocycles. The fourth-order valence-electron chi connectivity index (χ4n) is 2.98. The van der Waals surface area contributed by atoms with Crippen LogP contribution in [0.3, 0.4) is 0 Å². The van der Waals surface area contributed by atoms with Gasteiger partial charge in [-0.25, -0.2) is 0 Å². The van der Waals surface area contributed by atoms with Gasteiger partial charge in [-0.15, -0.1) is 0 Å². The number of rotatable bonds is 0. The minimum Gasteiger partial charge on any atom is -0.343 e. The molecule has 1 aromatic carbocycles. The third-order valence-corrected chi connectivity index (χ3v) is 3.99. The van der Waals surface area contributed by atoms with E-state index in [1.165, 1.54) is 0 Å². The van der Waals surface area contributed by atoms with Gasteiger partial charge < -0.3 is 9.80 Å². The van der Waals surface area contributed by atoms with Gasteiger partial charge in [-0.2, -0.15) is 0 Å². The highest BCUT2D eigenvalue weighted by molar-refractivity contribution is 6.07. The van der Waals surface area contributed by atoms with Crippen LogP contribution in [0.5, 0.6) is 0 Å². The molecule has 0 aromatic heterocycles. The van der Waals surface area contributed by atoms with Crippen LogP contribution in [0.1, 0.15) is 22.3 Å². The number of hydrogen-bond acceptors (Lipinski definition) is 2. The van der Waals surface area contributed by atoms with Crippen molar-refractivity contribution in [3.8, 4) is 0 Å². The second-order valence-electron chi connectivity index (χ2n) is 4.75. The van der Waals surface area contributed by atoms with Gasteiger partial charge in [0, 0.05) is 32.6 Å². The summed E-state index contributed by atoms with van der Waals surface area (Å²) >= 11 is 0. The highest BCUT2D eigenvalue weighted by Crippen LogP contribution is 2.44. The first kappa shape index (κ1) is 10.3. The third-order valence-electron chi connectivity index (χ3n) is 3.99. The highest BCUT2D eigenvalue weighted by atomic mass is 16.2. The molecule has 2 heterocycles. The van der Waals surface area contributed by atoms with Gasteiger partial charge in [0.25, 0.3) is 11.8 Å². The van der Waals surface area contributed by atoms with E-state index in [9.17, 15) is 9.59 Å². The molecule has 4 nitrogen and oxygen atoms in total. The van der Waals surface area contributed by atoms with Gasteiger partial charge >= 0.3 is 0 Å². The zero-order valence-electron chi connectivity index (χ0n) is 9.93. The molecule has 2 aliphatic rings. The Kier molecular flexibility index (Phi) is 1.88. The lowest BCUT2D eigenvalue weighted by atomic mass is 9.88. The summed E-state index contributed by atoms with van der Waals surface area (Å²) in [5.74, 6) is -0.0254. The van der Waals surface area contributed by atoms with E-state index in [1.54, 1.807) is 30.0 Å². The van der Waals surface area contributed by atoms with Crippen LogP contribution in [0.15, 0.2) is 24.3 Å². The van der Waals surface area contributed by atoms with Gasteiger partial charge in [-0.05, 0) is 11.6 Å². The standard InChI is InChI=1S/C13H14N2O2/c1-14-8-7-13(12(14)17)10-6-4-3-5-9(10)11(16)15(13)2/h3-6H,7-8H2,1-2H3. The lowest BCUT2D eigenvalue weighted by molar-refractivity contribution is -0.135. The molecule has 0 bridgehead atoms. The maximum absolute atomic E-state index is 12.4. The number of carbonyl (C=O) groups is 2. The molecule has 4 heteroatoms. The molecule has 0 saturated carbocycles. The van der Waals surface area contributed by atoms with Crippen LogP contribution < -0.4 is 0 Å². The van der Waals surface area contributed by atoms with Crippen LogP contribution >= 0.6 is 0 Å². The molecule has 17 heavy (non-hydrogen) atoms. The topological polar surface area (TPSA) is 40.6 Å². The lowest BCUT2D eigenvalue weighted by Crippen LogP contribution is -2.47. The molecule has 0 radical (unpaired) electrons. The van der Waals surface area contributed by atoms with Crippen LogP contribution in [0.4, 0.5) is 0 Å². The van der Waals surface area contributed by atoms with Crippen LogP contribution in [-0.4, -0.2) is 42.3 Å². The summed E-state index contributed by atoms with van der Waals surface area (Å²) in [6.07, 6.45) is 0.682. The van der Waals surface area contributed by atoms with Gasteiger partial charge in [-0.3, -0.25) is 9.59 Å². The summed E-state index contributed by atoms with van der Waals surface area (Å²) in [5, 5.41) is 0. The summed E-state index contributed by atoms with van der Waals surface area (Å²) in [6.45, 7) is 0.699. The summed E-state index contributed by atoms with van der Waals surface area (Å²) in [6, 6.07) is 7.42. The van der Waals surface area contributed by atoms with Crippen molar-refractivity contribution in [2.45, 2.75) is 12.0 Å². The van der Waals surface area contributed by atoms with Crippen LogP contribution in [0, 0.1) is 0 Å². The lowest BCUT2D eigenvalue weighted by Gasteiger charge is -2.30. The molecule has 0 N–H and O–H groups in total. The average Bonchev–Trinajstić information content (AvgIpc) is 2.76. The monoisotopic (exact) mass is 230 g/mol. The van der Waals surface area contributed by atoms with E-state index in [1.807, 2.05) is 18.2 Å². The summed E-state index contributed by atoms with van der Waals surface area (Å²) in [7, 11) is 3.51. The van der Waals surface area contributed by atoms with Crippen molar-refractivity contribution >= 4 is 11.8 Å². The van der Waals surface area contributed by atoms with Gasteiger partial charge in [0.05, 0.1) is 0 Å². The smallest absolute Gasteiger partial charge is 0.255 e. The Balaban J connectivity index is 2.25. The Hall–Kier alpha value is -1.84. The Morgan fingerprint density at radius 3 is 2.53 bits per heavy atom. The summed E-state index contributed by atoms with van der Waals surface area (Å²) < 4.78 is 0. The number of benzene rings is 1. The zero-order valence-corrected chi connectivity index (χ0v) is 9.93. The Morgan fingerprint density at radius 2 is 1.88 bits per heavy atom. The largest absolute Gasteiger partial charge is 0.343 e. The van der Waals surface area contributed by atoms with Crippen molar-refractivity contribution in [1.82, 2.24) is 9.80 Å². The Bertz CT molecular complexity index is 526. The average molecular weight is 230 g/mol. The van der Waals surface area contributed by atoms with E-state index >= 15 is 0 Å². The molecular formula is C13H14N2O2. The van der Waals surface area contributed by atoms with Crippen molar-refractivity contribution in [3.63, 3.8) is 0 Å². The first-order valence-electron chi connectivity index (χ1n) is 5.72. The van der Waals surface area contributed by atoms with Crippen molar-refractivity contribution < 1.29 is 9.59 Å². The highest BCUT2D eigenvalue weighted by Gasteiger charge is 2.56. The van der Waals surface area contributed by atoms with Gasteiger partial charge in [0.2, 0.25) is 0 Å². The Labute approximate surface area is 99.8 Å². The summed E-state index contributed by atoms with van der Waals surface area (Å²) in [4.78, 5) is 27.8. The maximum Gasteiger partial charge on any atom is 0.255 e. The molecule has 1 saturated heterocycles. The molecule has 1 fully saturated rings. The number of nitrogens with zero attached hydrogens (tertiary/aromatic N) is 2. The van der Waals surface area contributed by atoms with Crippen molar-refractivity contribution in [3.05, 3.63) is 35.4 Å². The molecular weight excluding hydrogens is 216 g/mol. The molecule has 3 rings (SSSR count). The normalized spacial score (nSPS) is 27.2. The first-order valence-corrected chi connectivity index (χ1v) is 5.72. The van der Waals surface area contributed by atoms with E-state index in [2.05, 4.69) is 0 Å². The van der Waals surface area contributed by atoms with E-state index in [4.69, 9.17) is 0 Å². The zero-order chi connectivity index (χ0) is 12.2. The molecule has 2 aliphatic heterocycles. The molecule has 88 valence electrons. The van der Waals surface area contributed by atoms with Gasteiger partial charge in [-0.1, -0.05) is 18.2 Å². The van der Waals surface area contributed by atoms with Crippen LogP contribution in [0.2, 0.25) is 0 Å². The molecule has 1 unspecified atom stereocenters. The quantitative estimate of drug-likeness (QED) is 0.662. The Morgan fingerprint density at radius 1 is 1.18 bits per heavy atom. The van der Waals surface area contributed by atoms with Crippen molar-refractivity contribution in [2.24, 2.45) is 0 Å². The van der Waals surface area contributed by atoms with Crippen LogP contribution in [-0.2, 0) is 10.3 Å². The SMILES string of the molecule is CN1CCC2(C1=O)c1ccccc1C(=O)N2C. The van der Waals surface area contributed by atoms with E-state index in [0.717, 1.165) is 5.56 Å². The second kappa shape index (κ2) is 3.09. The van der Waals surface area contributed by atoms with Crippen molar-refractivity contribution in [2.75, 3.05) is 20.6 Å².